The molecular weight excluding hydrogens is 204 g/mol. The zero-order chi connectivity index (χ0) is 11.8. The maximum Gasteiger partial charge on any atom is 0.160 e. The highest BCUT2D eigenvalue weighted by Gasteiger charge is 2.29. The van der Waals surface area contributed by atoms with E-state index in [0.29, 0.717) is 12.5 Å². The minimum atomic E-state index is -0.104. The lowest BCUT2D eigenvalue weighted by atomic mass is 10.0. The van der Waals surface area contributed by atoms with Crippen LogP contribution in [0.25, 0.3) is 0 Å². The van der Waals surface area contributed by atoms with Gasteiger partial charge in [-0.15, -0.1) is 0 Å². The molecule has 0 aromatic carbocycles. The maximum absolute atomic E-state index is 8.93. The van der Waals surface area contributed by atoms with Crippen molar-refractivity contribution in [3.05, 3.63) is 0 Å². The fourth-order valence-electron chi connectivity index (χ4n) is 2.07. The second-order valence-corrected chi connectivity index (χ2v) is 4.82. The molecule has 0 radical (unpaired) electrons. The Bertz CT molecular complexity index is 173. The molecule has 0 bridgehead atoms. The molecule has 1 aliphatic heterocycles. The highest BCUT2D eigenvalue weighted by atomic mass is 16.7. The molecule has 3 unspecified atom stereocenters. The van der Waals surface area contributed by atoms with Gasteiger partial charge in [0.05, 0.1) is 13.2 Å². The van der Waals surface area contributed by atoms with Crippen molar-refractivity contribution in [1.29, 1.82) is 0 Å². The maximum atomic E-state index is 8.93. The fraction of sp³-hybridized carbons (Fsp3) is 1.00. The average Bonchev–Trinajstić information content (AvgIpc) is 2.77. The van der Waals surface area contributed by atoms with E-state index in [1.54, 1.807) is 0 Å². The van der Waals surface area contributed by atoms with Crippen LogP contribution in [-0.4, -0.2) is 30.7 Å². The summed E-state index contributed by atoms with van der Waals surface area (Å²) in [5.74, 6) is 0.443. The van der Waals surface area contributed by atoms with Crippen LogP contribution in [0.15, 0.2) is 0 Å². The number of rotatable bonds is 8. The largest absolute Gasteiger partial charge is 0.394 e. The van der Waals surface area contributed by atoms with E-state index < -0.39 is 0 Å². The fourth-order valence-corrected chi connectivity index (χ4v) is 2.07. The topological polar surface area (TPSA) is 38.7 Å². The number of unbranched alkanes of at least 4 members (excludes halogenated alkanes) is 4. The third-order valence-electron chi connectivity index (χ3n) is 3.20. The Labute approximate surface area is 99.1 Å². The van der Waals surface area contributed by atoms with Gasteiger partial charge in [0.2, 0.25) is 0 Å². The predicted molar refractivity (Wildman–Crippen MR) is 64.2 cm³/mol. The van der Waals surface area contributed by atoms with Crippen molar-refractivity contribution in [3.8, 4) is 0 Å². The molecule has 3 nitrogen and oxygen atoms in total. The van der Waals surface area contributed by atoms with Crippen LogP contribution in [0.5, 0.6) is 0 Å². The Morgan fingerprint density at radius 3 is 2.62 bits per heavy atom. The lowest BCUT2D eigenvalue weighted by Gasteiger charge is -2.18. The summed E-state index contributed by atoms with van der Waals surface area (Å²) in [5.41, 5.74) is 0. The normalized spacial score (nSPS) is 27.2. The van der Waals surface area contributed by atoms with E-state index in [1.165, 1.54) is 32.1 Å². The van der Waals surface area contributed by atoms with Crippen LogP contribution >= 0.6 is 0 Å². The molecule has 0 amide bonds. The number of aliphatic hydroxyl groups excluding tert-OH is 1. The van der Waals surface area contributed by atoms with Crippen molar-refractivity contribution >= 4 is 0 Å². The van der Waals surface area contributed by atoms with Crippen LogP contribution in [0.2, 0.25) is 0 Å². The van der Waals surface area contributed by atoms with E-state index in [9.17, 15) is 0 Å². The van der Waals surface area contributed by atoms with Gasteiger partial charge in [0, 0.05) is 5.92 Å². The van der Waals surface area contributed by atoms with Gasteiger partial charge in [-0.05, 0) is 6.42 Å². The number of ether oxygens (including phenoxy) is 2. The zero-order valence-electron chi connectivity index (χ0n) is 10.7. The molecule has 1 saturated heterocycles. The van der Waals surface area contributed by atoms with Crippen molar-refractivity contribution in [2.75, 3.05) is 13.2 Å². The van der Waals surface area contributed by atoms with E-state index in [0.717, 1.165) is 6.42 Å². The first-order valence-corrected chi connectivity index (χ1v) is 6.65. The summed E-state index contributed by atoms with van der Waals surface area (Å²) in [7, 11) is 0. The lowest BCUT2D eigenvalue weighted by Crippen LogP contribution is -2.21. The van der Waals surface area contributed by atoms with E-state index in [1.807, 2.05) is 0 Å². The van der Waals surface area contributed by atoms with Gasteiger partial charge in [0.15, 0.2) is 6.29 Å². The van der Waals surface area contributed by atoms with Gasteiger partial charge >= 0.3 is 0 Å². The Kier molecular flexibility index (Phi) is 7.01. The molecule has 1 aliphatic rings. The molecule has 16 heavy (non-hydrogen) atoms. The molecule has 0 spiro atoms. The molecule has 3 atom stereocenters. The summed E-state index contributed by atoms with van der Waals surface area (Å²) in [6.07, 6.45) is 7.51. The van der Waals surface area contributed by atoms with Crippen LogP contribution in [-0.2, 0) is 9.47 Å². The second kappa shape index (κ2) is 8.04. The van der Waals surface area contributed by atoms with Crippen molar-refractivity contribution in [2.45, 2.75) is 64.8 Å². The molecule has 1 heterocycles. The molecular formula is C13H26O3. The Morgan fingerprint density at radius 2 is 2.00 bits per heavy atom. The monoisotopic (exact) mass is 230 g/mol. The van der Waals surface area contributed by atoms with Crippen LogP contribution in [0.3, 0.4) is 0 Å². The van der Waals surface area contributed by atoms with E-state index >= 15 is 0 Å². The van der Waals surface area contributed by atoms with Gasteiger partial charge < -0.3 is 14.6 Å². The molecule has 96 valence electrons. The number of hydrogen-bond acceptors (Lipinski definition) is 3. The predicted octanol–water partition coefficient (Wildman–Crippen LogP) is 2.72. The Hall–Kier alpha value is -0.120. The van der Waals surface area contributed by atoms with Crippen molar-refractivity contribution < 1.29 is 14.6 Å². The standard InChI is InChI=1S/C13H26O3/c1-3-4-5-6-7-8-11(2)13-15-10-12(9-14)16-13/h11-14H,3-10H2,1-2H3. The first-order chi connectivity index (χ1) is 7.77. The minimum absolute atomic E-state index is 0.0692. The summed E-state index contributed by atoms with van der Waals surface area (Å²) in [4.78, 5) is 0. The molecule has 0 aromatic heterocycles. The van der Waals surface area contributed by atoms with Gasteiger partial charge in [0.25, 0.3) is 0 Å². The van der Waals surface area contributed by atoms with Gasteiger partial charge in [0.1, 0.15) is 6.10 Å². The number of aliphatic hydroxyl groups is 1. The third-order valence-corrected chi connectivity index (χ3v) is 3.20. The smallest absolute Gasteiger partial charge is 0.160 e. The Morgan fingerprint density at radius 1 is 1.25 bits per heavy atom. The SMILES string of the molecule is CCCCCCCC(C)C1OCC(CO)O1. The molecule has 0 aromatic rings. The first-order valence-electron chi connectivity index (χ1n) is 6.65. The molecule has 0 saturated carbocycles. The summed E-state index contributed by atoms with van der Waals surface area (Å²) in [6.45, 7) is 5.02. The molecule has 1 fully saturated rings. The molecule has 3 heteroatoms. The molecule has 1 rings (SSSR count). The number of hydrogen-bond donors (Lipinski definition) is 1. The second-order valence-electron chi connectivity index (χ2n) is 4.82. The summed E-state index contributed by atoms with van der Waals surface area (Å²) in [6, 6.07) is 0. The quantitative estimate of drug-likeness (QED) is 0.652. The minimum Gasteiger partial charge on any atom is -0.394 e. The van der Waals surface area contributed by atoms with Gasteiger partial charge in [-0.2, -0.15) is 0 Å². The molecule has 0 aliphatic carbocycles. The highest BCUT2D eigenvalue weighted by molar-refractivity contribution is 4.68. The first kappa shape index (κ1) is 13.9. The van der Waals surface area contributed by atoms with Crippen LogP contribution in [0.1, 0.15) is 52.4 Å². The lowest BCUT2D eigenvalue weighted by molar-refractivity contribution is -0.0992. The van der Waals surface area contributed by atoms with Crippen molar-refractivity contribution in [2.24, 2.45) is 5.92 Å². The van der Waals surface area contributed by atoms with Gasteiger partial charge in [-0.3, -0.25) is 0 Å². The van der Waals surface area contributed by atoms with Crippen LogP contribution in [0, 0.1) is 5.92 Å². The van der Waals surface area contributed by atoms with E-state index in [2.05, 4.69) is 13.8 Å². The highest BCUT2D eigenvalue weighted by Crippen LogP contribution is 2.23. The van der Waals surface area contributed by atoms with Crippen LogP contribution < -0.4 is 0 Å². The third kappa shape index (κ3) is 4.81. The Balaban J connectivity index is 2.04. The van der Waals surface area contributed by atoms with Crippen molar-refractivity contribution in [3.63, 3.8) is 0 Å². The summed E-state index contributed by atoms with van der Waals surface area (Å²) >= 11 is 0. The van der Waals surface area contributed by atoms with Gasteiger partial charge in [-0.1, -0.05) is 46.0 Å². The van der Waals surface area contributed by atoms with E-state index in [-0.39, 0.29) is 19.0 Å². The van der Waals surface area contributed by atoms with Gasteiger partial charge in [-0.25, -0.2) is 0 Å². The summed E-state index contributed by atoms with van der Waals surface area (Å²) in [5, 5.41) is 8.93. The summed E-state index contributed by atoms with van der Waals surface area (Å²) < 4.78 is 11.1. The van der Waals surface area contributed by atoms with E-state index in [4.69, 9.17) is 14.6 Å². The van der Waals surface area contributed by atoms with Crippen molar-refractivity contribution in [1.82, 2.24) is 0 Å². The average molecular weight is 230 g/mol. The molecule has 1 N–H and O–H groups in total. The van der Waals surface area contributed by atoms with Crippen LogP contribution in [0.4, 0.5) is 0 Å². The zero-order valence-corrected chi connectivity index (χ0v) is 10.7.